The van der Waals surface area contributed by atoms with Crippen molar-refractivity contribution >= 4 is 17.2 Å². The van der Waals surface area contributed by atoms with Crippen LogP contribution in [0.3, 0.4) is 0 Å². The molecule has 0 saturated carbocycles. The topological polar surface area (TPSA) is 79.9 Å². The Labute approximate surface area is 143 Å². The van der Waals surface area contributed by atoms with E-state index in [1.807, 2.05) is 35.7 Å². The fourth-order valence-electron chi connectivity index (χ4n) is 2.21. The van der Waals surface area contributed by atoms with Gasteiger partial charge in [-0.2, -0.15) is 16.4 Å². The minimum absolute atomic E-state index is 0.00333. The van der Waals surface area contributed by atoms with Gasteiger partial charge in [-0.25, -0.2) is 4.98 Å². The largest absolute Gasteiger partial charge is 0.497 e. The van der Waals surface area contributed by atoms with Gasteiger partial charge in [0.2, 0.25) is 5.91 Å². The molecule has 0 bridgehead atoms. The second-order valence-corrected chi connectivity index (χ2v) is 6.02. The molecule has 0 aliphatic carbocycles. The number of carbonyl (C=O) groups excluding carboxylic acids is 1. The first-order valence-electron chi connectivity index (χ1n) is 7.58. The molecule has 0 spiro atoms. The highest BCUT2D eigenvalue weighted by molar-refractivity contribution is 7.07. The highest BCUT2D eigenvalue weighted by Crippen LogP contribution is 2.18. The van der Waals surface area contributed by atoms with Crippen LogP contribution in [0.5, 0.6) is 5.75 Å². The predicted octanol–water partition coefficient (Wildman–Crippen LogP) is 2.79. The third-order valence-corrected chi connectivity index (χ3v) is 4.29. The van der Waals surface area contributed by atoms with Gasteiger partial charge in [-0.3, -0.25) is 9.89 Å². The lowest BCUT2D eigenvalue weighted by atomic mass is 10.2. The molecule has 0 aliphatic rings. The summed E-state index contributed by atoms with van der Waals surface area (Å²) in [6, 6.07) is 9.54. The van der Waals surface area contributed by atoms with Crippen LogP contribution in [0.4, 0.5) is 0 Å². The number of hydrogen-bond acceptors (Lipinski definition) is 5. The monoisotopic (exact) mass is 342 g/mol. The molecule has 124 valence electrons. The summed E-state index contributed by atoms with van der Waals surface area (Å²) in [5.41, 5.74) is 2.08. The quantitative estimate of drug-likeness (QED) is 0.692. The number of methoxy groups -OCH3 is 1. The molecule has 1 amide bonds. The number of carbonyl (C=O) groups is 1. The highest BCUT2D eigenvalue weighted by Gasteiger charge is 2.08. The van der Waals surface area contributed by atoms with E-state index >= 15 is 0 Å². The molecule has 6 nitrogen and oxygen atoms in total. The third kappa shape index (κ3) is 4.20. The van der Waals surface area contributed by atoms with E-state index in [4.69, 9.17) is 4.74 Å². The molecule has 0 atom stereocenters. The van der Waals surface area contributed by atoms with Crippen LogP contribution < -0.4 is 10.1 Å². The van der Waals surface area contributed by atoms with E-state index in [2.05, 4.69) is 25.9 Å². The standard InChI is InChI=1S/C17H18N4O2S/c1-23-14-5-3-13(4-6-14)17-19-15(20-21-17)10-18-16(22)7-2-12-8-9-24-11-12/h3-6,8-9,11H,2,7,10H2,1H3,(H,18,22)(H,19,20,21). The summed E-state index contributed by atoms with van der Waals surface area (Å²) < 4.78 is 5.13. The van der Waals surface area contributed by atoms with Crippen molar-refractivity contribution in [2.24, 2.45) is 0 Å². The summed E-state index contributed by atoms with van der Waals surface area (Å²) >= 11 is 1.64. The van der Waals surface area contributed by atoms with Crippen molar-refractivity contribution in [2.75, 3.05) is 7.11 Å². The molecular formula is C17H18N4O2S. The highest BCUT2D eigenvalue weighted by atomic mass is 32.1. The molecule has 7 heteroatoms. The number of thiophene rings is 1. The first-order chi connectivity index (χ1) is 11.7. The van der Waals surface area contributed by atoms with Crippen molar-refractivity contribution in [2.45, 2.75) is 19.4 Å². The van der Waals surface area contributed by atoms with Gasteiger partial charge in [0, 0.05) is 12.0 Å². The number of nitrogens with one attached hydrogen (secondary N) is 2. The molecule has 0 unspecified atom stereocenters. The average molecular weight is 342 g/mol. The zero-order valence-corrected chi connectivity index (χ0v) is 14.1. The molecule has 1 aromatic carbocycles. The van der Waals surface area contributed by atoms with Crippen LogP contribution in [-0.2, 0) is 17.8 Å². The van der Waals surface area contributed by atoms with Gasteiger partial charge < -0.3 is 10.1 Å². The number of amides is 1. The SMILES string of the molecule is COc1ccc(-c2n[nH]c(CNC(=O)CCc3ccsc3)n2)cc1. The first-order valence-corrected chi connectivity index (χ1v) is 8.52. The van der Waals surface area contributed by atoms with Crippen molar-refractivity contribution < 1.29 is 9.53 Å². The van der Waals surface area contributed by atoms with Gasteiger partial charge in [0.05, 0.1) is 13.7 Å². The van der Waals surface area contributed by atoms with E-state index < -0.39 is 0 Å². The summed E-state index contributed by atoms with van der Waals surface area (Å²) in [6.45, 7) is 0.339. The number of aryl methyl sites for hydroxylation is 1. The Hall–Kier alpha value is -2.67. The van der Waals surface area contributed by atoms with E-state index in [1.54, 1.807) is 18.4 Å². The molecular weight excluding hydrogens is 324 g/mol. The van der Waals surface area contributed by atoms with E-state index in [1.165, 1.54) is 5.56 Å². The normalized spacial score (nSPS) is 10.5. The number of nitrogens with zero attached hydrogens (tertiary/aromatic N) is 2. The number of H-pyrrole nitrogens is 1. The lowest BCUT2D eigenvalue weighted by Crippen LogP contribution is -2.23. The summed E-state index contributed by atoms with van der Waals surface area (Å²) in [4.78, 5) is 16.3. The predicted molar refractivity (Wildman–Crippen MR) is 92.9 cm³/mol. The molecule has 2 N–H and O–H groups in total. The minimum atomic E-state index is 0.00333. The molecule has 0 aliphatic heterocycles. The van der Waals surface area contributed by atoms with Crippen LogP contribution in [-0.4, -0.2) is 28.2 Å². The Kier molecular flexibility index (Phi) is 5.22. The van der Waals surface area contributed by atoms with Gasteiger partial charge in [0.15, 0.2) is 5.82 Å². The Bertz CT molecular complexity index is 781. The number of aromatic nitrogens is 3. The van der Waals surface area contributed by atoms with E-state index in [0.717, 1.165) is 17.7 Å². The van der Waals surface area contributed by atoms with Crippen molar-refractivity contribution in [3.8, 4) is 17.1 Å². The minimum Gasteiger partial charge on any atom is -0.497 e. The van der Waals surface area contributed by atoms with Gasteiger partial charge in [0.1, 0.15) is 11.6 Å². The van der Waals surface area contributed by atoms with E-state index in [-0.39, 0.29) is 5.91 Å². The number of hydrogen-bond donors (Lipinski definition) is 2. The average Bonchev–Trinajstić information content (AvgIpc) is 3.30. The molecule has 0 saturated heterocycles. The first kappa shape index (κ1) is 16.2. The zero-order valence-electron chi connectivity index (χ0n) is 13.3. The zero-order chi connectivity index (χ0) is 16.8. The van der Waals surface area contributed by atoms with Gasteiger partial charge in [0.25, 0.3) is 0 Å². The maximum atomic E-state index is 11.9. The molecule has 2 aromatic heterocycles. The van der Waals surface area contributed by atoms with Crippen LogP contribution in [0, 0.1) is 0 Å². The fraction of sp³-hybridized carbons (Fsp3) is 0.235. The van der Waals surface area contributed by atoms with Crippen LogP contribution in [0.2, 0.25) is 0 Å². The van der Waals surface area contributed by atoms with Gasteiger partial charge in [-0.15, -0.1) is 0 Å². The van der Waals surface area contributed by atoms with Gasteiger partial charge in [-0.05, 0) is 53.1 Å². The fourth-order valence-corrected chi connectivity index (χ4v) is 2.91. The number of rotatable bonds is 7. The second-order valence-electron chi connectivity index (χ2n) is 5.24. The molecule has 2 heterocycles. The molecule has 24 heavy (non-hydrogen) atoms. The second kappa shape index (κ2) is 7.74. The maximum Gasteiger partial charge on any atom is 0.220 e. The Morgan fingerprint density at radius 3 is 2.83 bits per heavy atom. The number of aromatic amines is 1. The maximum absolute atomic E-state index is 11.9. The van der Waals surface area contributed by atoms with Crippen molar-refractivity contribution in [1.82, 2.24) is 20.5 Å². The summed E-state index contributed by atoms with van der Waals surface area (Å²) in [6.07, 6.45) is 1.22. The Balaban J connectivity index is 1.51. The lowest BCUT2D eigenvalue weighted by molar-refractivity contribution is -0.121. The van der Waals surface area contributed by atoms with E-state index in [9.17, 15) is 4.79 Å². The number of benzene rings is 1. The van der Waals surface area contributed by atoms with Crippen LogP contribution >= 0.6 is 11.3 Å². The van der Waals surface area contributed by atoms with Gasteiger partial charge in [-0.1, -0.05) is 0 Å². The summed E-state index contributed by atoms with van der Waals surface area (Å²) in [5.74, 6) is 2.01. The summed E-state index contributed by atoms with van der Waals surface area (Å²) in [5, 5.41) is 14.0. The lowest BCUT2D eigenvalue weighted by Gasteiger charge is -2.02. The van der Waals surface area contributed by atoms with Crippen molar-refractivity contribution in [3.63, 3.8) is 0 Å². The molecule has 3 rings (SSSR count). The van der Waals surface area contributed by atoms with Crippen molar-refractivity contribution in [3.05, 3.63) is 52.5 Å². The Morgan fingerprint density at radius 1 is 1.29 bits per heavy atom. The molecule has 3 aromatic rings. The van der Waals surface area contributed by atoms with Crippen LogP contribution in [0.25, 0.3) is 11.4 Å². The molecule has 0 radical (unpaired) electrons. The Morgan fingerprint density at radius 2 is 2.12 bits per heavy atom. The number of ether oxygens (including phenoxy) is 1. The summed E-state index contributed by atoms with van der Waals surface area (Å²) in [7, 11) is 1.63. The van der Waals surface area contributed by atoms with Gasteiger partial charge >= 0.3 is 0 Å². The van der Waals surface area contributed by atoms with Crippen molar-refractivity contribution in [1.29, 1.82) is 0 Å². The van der Waals surface area contributed by atoms with E-state index in [0.29, 0.717) is 24.6 Å². The third-order valence-electron chi connectivity index (χ3n) is 3.55. The smallest absolute Gasteiger partial charge is 0.220 e. The molecule has 0 fully saturated rings. The van der Waals surface area contributed by atoms with Crippen LogP contribution in [0.1, 0.15) is 17.8 Å². The van der Waals surface area contributed by atoms with Crippen LogP contribution in [0.15, 0.2) is 41.1 Å².